The molecule has 0 bridgehead atoms. The number of ether oxygens (including phenoxy) is 2. The maximum Gasteiger partial charge on any atom is 0.309 e. The molecule has 1 saturated heterocycles. The van der Waals surface area contributed by atoms with Crippen molar-refractivity contribution in [3.63, 3.8) is 0 Å². The summed E-state index contributed by atoms with van der Waals surface area (Å²) < 4.78 is 10.2. The first-order chi connectivity index (χ1) is 8.54. The Morgan fingerprint density at radius 2 is 1.89 bits per heavy atom. The maximum atomic E-state index is 11.8. The minimum absolute atomic E-state index is 0.128. The molecule has 1 rings (SSSR count). The molecule has 0 radical (unpaired) electrons. The molecule has 0 amide bonds. The number of Topliss-reactive ketones (excluding diaryl/α,β-unsaturated/α-hetero) is 1. The fourth-order valence-corrected chi connectivity index (χ4v) is 2.09. The highest BCUT2D eigenvalue weighted by molar-refractivity contribution is 5.90. The minimum atomic E-state index is -1.04. The summed E-state index contributed by atoms with van der Waals surface area (Å²) in [6, 6.07) is 0. The number of rotatable bonds is 1. The second-order valence-corrected chi connectivity index (χ2v) is 4.79. The predicted octanol–water partition coefficient (Wildman–Crippen LogP) is 1.22. The molecule has 3 atom stereocenters. The van der Waals surface area contributed by atoms with Crippen molar-refractivity contribution in [2.75, 3.05) is 7.11 Å². The average molecular weight is 258 g/mol. The molecule has 0 spiro atoms. The summed E-state index contributed by atoms with van der Waals surface area (Å²) in [5.41, 5.74) is 0. The zero-order valence-corrected chi connectivity index (χ0v) is 11.1. The second-order valence-electron chi connectivity index (χ2n) is 4.79. The number of carbonyl (C=O) groups excluding carboxylic acids is 2. The number of methoxy groups -OCH3 is 1. The molecule has 0 aromatic carbocycles. The van der Waals surface area contributed by atoms with Crippen molar-refractivity contribution in [3.8, 4) is 0 Å². The van der Waals surface area contributed by atoms with Gasteiger partial charge in [0, 0.05) is 7.11 Å². The maximum absolute atomic E-state index is 11.8. The van der Waals surface area contributed by atoms with E-state index in [2.05, 4.69) is 0 Å². The molecule has 104 valence electrons. The number of cyclic esters (lactones) is 1. The summed E-state index contributed by atoms with van der Waals surface area (Å²) in [5.74, 6) is -0.877. The van der Waals surface area contributed by atoms with Gasteiger partial charge in [-0.1, -0.05) is 12.8 Å². The lowest BCUT2D eigenvalue weighted by Gasteiger charge is -2.20. The van der Waals surface area contributed by atoms with E-state index in [0.29, 0.717) is 6.42 Å². The van der Waals surface area contributed by atoms with Crippen molar-refractivity contribution >= 4 is 11.8 Å². The number of aliphatic hydroxyl groups excluding tert-OH is 1. The summed E-state index contributed by atoms with van der Waals surface area (Å²) in [6.45, 7) is 1.85. The molecule has 0 aromatic heterocycles. The first-order valence-electron chi connectivity index (χ1n) is 6.48. The summed E-state index contributed by atoms with van der Waals surface area (Å²) in [5, 5.41) is 9.72. The Bertz CT molecular complexity index is 289. The molecule has 18 heavy (non-hydrogen) atoms. The number of carbonyl (C=O) groups is 2. The van der Waals surface area contributed by atoms with Crippen molar-refractivity contribution < 1.29 is 24.2 Å². The third kappa shape index (κ3) is 4.74. The Labute approximate surface area is 107 Å². The van der Waals surface area contributed by atoms with Gasteiger partial charge in [-0.05, 0) is 26.2 Å². The fourth-order valence-electron chi connectivity index (χ4n) is 2.09. The molecule has 1 N–H and O–H groups in total. The highest BCUT2D eigenvalue weighted by Crippen LogP contribution is 2.15. The van der Waals surface area contributed by atoms with Crippen molar-refractivity contribution in [1.29, 1.82) is 0 Å². The number of hydrogen-bond acceptors (Lipinski definition) is 5. The lowest BCUT2D eigenvalue weighted by molar-refractivity contribution is -0.156. The van der Waals surface area contributed by atoms with Gasteiger partial charge in [-0.25, -0.2) is 0 Å². The topological polar surface area (TPSA) is 72.8 Å². The lowest BCUT2D eigenvalue weighted by Crippen LogP contribution is -2.36. The molecule has 1 aliphatic rings. The summed E-state index contributed by atoms with van der Waals surface area (Å²) >= 11 is 0. The smallest absolute Gasteiger partial charge is 0.309 e. The Morgan fingerprint density at radius 3 is 2.56 bits per heavy atom. The van der Waals surface area contributed by atoms with Crippen LogP contribution in [0.25, 0.3) is 0 Å². The van der Waals surface area contributed by atoms with Crippen LogP contribution in [0.4, 0.5) is 0 Å². The fraction of sp³-hybridized carbons (Fsp3) is 0.846. The number of aliphatic hydroxyl groups is 1. The highest BCUT2D eigenvalue weighted by atomic mass is 16.5. The van der Waals surface area contributed by atoms with Gasteiger partial charge in [0.15, 0.2) is 5.78 Å². The van der Waals surface area contributed by atoms with E-state index in [-0.39, 0.29) is 12.5 Å². The van der Waals surface area contributed by atoms with Gasteiger partial charge in [0.05, 0.1) is 12.5 Å². The van der Waals surface area contributed by atoms with Crippen LogP contribution in [0, 0.1) is 0 Å². The second kappa shape index (κ2) is 7.48. The van der Waals surface area contributed by atoms with E-state index in [4.69, 9.17) is 9.47 Å². The van der Waals surface area contributed by atoms with Crippen LogP contribution in [-0.4, -0.2) is 42.3 Å². The molecule has 1 heterocycles. The molecular weight excluding hydrogens is 236 g/mol. The molecule has 0 aliphatic carbocycles. The molecule has 1 fully saturated rings. The summed E-state index contributed by atoms with van der Waals surface area (Å²) in [7, 11) is 1.36. The lowest BCUT2D eigenvalue weighted by atomic mass is 10.00. The van der Waals surface area contributed by atoms with Crippen LogP contribution in [0.2, 0.25) is 0 Å². The third-order valence-corrected chi connectivity index (χ3v) is 3.20. The summed E-state index contributed by atoms with van der Waals surface area (Å²) in [4.78, 5) is 23.4. The zero-order valence-electron chi connectivity index (χ0n) is 11.1. The molecule has 1 aliphatic heterocycles. The molecule has 1 unspecified atom stereocenters. The van der Waals surface area contributed by atoms with Crippen LogP contribution < -0.4 is 0 Å². The first-order valence-corrected chi connectivity index (χ1v) is 6.48. The molecule has 0 saturated carbocycles. The van der Waals surface area contributed by atoms with Gasteiger partial charge in [0.2, 0.25) is 0 Å². The van der Waals surface area contributed by atoms with Crippen LogP contribution in [0.5, 0.6) is 0 Å². The predicted molar refractivity (Wildman–Crippen MR) is 65.1 cm³/mol. The van der Waals surface area contributed by atoms with Crippen molar-refractivity contribution in [3.05, 3.63) is 0 Å². The van der Waals surface area contributed by atoms with E-state index in [1.54, 1.807) is 0 Å². The van der Waals surface area contributed by atoms with Gasteiger partial charge in [0.1, 0.15) is 12.2 Å². The van der Waals surface area contributed by atoms with Crippen LogP contribution in [0.3, 0.4) is 0 Å². The zero-order chi connectivity index (χ0) is 13.5. The van der Waals surface area contributed by atoms with Crippen molar-refractivity contribution in [1.82, 2.24) is 0 Å². The Hall–Kier alpha value is -0.940. The Morgan fingerprint density at radius 1 is 1.22 bits per heavy atom. The van der Waals surface area contributed by atoms with Crippen LogP contribution in [0.1, 0.15) is 45.4 Å². The normalized spacial score (nSPS) is 32.3. The minimum Gasteiger partial charge on any atom is -0.463 e. The van der Waals surface area contributed by atoms with Crippen molar-refractivity contribution in [2.45, 2.75) is 63.8 Å². The number of ketones is 1. The van der Waals surface area contributed by atoms with E-state index >= 15 is 0 Å². The molecule has 0 aromatic rings. The van der Waals surface area contributed by atoms with Gasteiger partial charge in [0.25, 0.3) is 0 Å². The van der Waals surface area contributed by atoms with E-state index in [1.165, 1.54) is 7.11 Å². The van der Waals surface area contributed by atoms with Gasteiger partial charge in [-0.3, -0.25) is 9.59 Å². The SMILES string of the molecule is COC1CC(=O)O[C@@H](C)CCCCC[C@H](O)C1=O. The van der Waals surface area contributed by atoms with E-state index < -0.39 is 24.0 Å². The van der Waals surface area contributed by atoms with Crippen LogP contribution in [-0.2, 0) is 19.1 Å². The average Bonchev–Trinajstić information content (AvgIpc) is 2.33. The van der Waals surface area contributed by atoms with Gasteiger partial charge < -0.3 is 14.6 Å². The Balaban J connectivity index is 2.68. The Kier molecular flexibility index (Phi) is 6.29. The van der Waals surface area contributed by atoms with Gasteiger partial charge in [-0.2, -0.15) is 0 Å². The molecule has 5 nitrogen and oxygen atoms in total. The largest absolute Gasteiger partial charge is 0.463 e. The third-order valence-electron chi connectivity index (χ3n) is 3.20. The van der Waals surface area contributed by atoms with Crippen LogP contribution >= 0.6 is 0 Å². The molecule has 5 heteroatoms. The van der Waals surface area contributed by atoms with Crippen LogP contribution in [0.15, 0.2) is 0 Å². The van der Waals surface area contributed by atoms with Gasteiger partial charge in [-0.15, -0.1) is 0 Å². The quantitative estimate of drug-likeness (QED) is 0.716. The van der Waals surface area contributed by atoms with E-state index in [0.717, 1.165) is 25.7 Å². The number of hydrogen-bond donors (Lipinski definition) is 1. The first kappa shape index (κ1) is 15.1. The van der Waals surface area contributed by atoms with Crippen molar-refractivity contribution in [2.24, 2.45) is 0 Å². The number of esters is 1. The highest BCUT2D eigenvalue weighted by Gasteiger charge is 2.28. The summed E-state index contributed by atoms with van der Waals surface area (Å²) in [6.07, 6.45) is 1.69. The van der Waals surface area contributed by atoms with E-state index in [9.17, 15) is 14.7 Å². The standard InChI is InChI=1S/C13H22O5/c1-9-6-4-3-5-7-10(14)13(16)11(17-2)8-12(15)18-9/h9-11,14H,3-8H2,1-2H3/t9-,10-,11?/m0/s1. The monoisotopic (exact) mass is 258 g/mol. The van der Waals surface area contributed by atoms with E-state index in [1.807, 2.05) is 6.92 Å². The van der Waals surface area contributed by atoms with Gasteiger partial charge >= 0.3 is 5.97 Å². The molecular formula is C13H22O5.